The standard InChI is InChI=1S/C20H24N10O4S2/c1-11(22)9-25-36(33,34)16-6-5-14(18(19(16)35(23,31)32)20-27-29-30-28-20)12-3-2-4-13(7-12)15-10-24-17(8-21)26-15/h2-7,10-11,25H,8-9,21-22H2,1H3,(H,24,26)(H2,23,31,32)(H,27,28,29,30)/t11-/m1/s1. The third-order valence-corrected chi connectivity index (χ3v) is 7.74. The fourth-order valence-electron chi connectivity index (χ4n) is 3.57. The number of sulfonamides is 2. The molecule has 0 fully saturated rings. The molecule has 4 rings (SSSR count). The Labute approximate surface area is 206 Å². The summed E-state index contributed by atoms with van der Waals surface area (Å²) in [6, 6.07) is 9.13. The minimum atomic E-state index is -4.61. The molecule has 14 nitrogen and oxygen atoms in total. The number of nitrogens with two attached hydrogens (primary N) is 3. The maximum Gasteiger partial charge on any atom is 0.241 e. The first-order chi connectivity index (χ1) is 17.0. The van der Waals surface area contributed by atoms with Gasteiger partial charge < -0.3 is 16.5 Å². The lowest BCUT2D eigenvalue weighted by Crippen LogP contribution is -2.36. The Kier molecular flexibility index (Phi) is 6.98. The van der Waals surface area contributed by atoms with Gasteiger partial charge in [0, 0.05) is 24.3 Å². The van der Waals surface area contributed by atoms with E-state index in [4.69, 9.17) is 16.6 Å². The van der Waals surface area contributed by atoms with Crippen molar-refractivity contribution in [3.05, 3.63) is 48.4 Å². The number of hydrogen-bond acceptors (Lipinski definition) is 10. The van der Waals surface area contributed by atoms with Gasteiger partial charge in [-0.25, -0.2) is 31.7 Å². The highest BCUT2D eigenvalue weighted by Crippen LogP contribution is 2.39. The number of nitrogens with zero attached hydrogens (tertiary/aromatic N) is 4. The van der Waals surface area contributed by atoms with E-state index in [1.54, 1.807) is 31.3 Å². The Morgan fingerprint density at radius 3 is 2.47 bits per heavy atom. The Bertz CT molecular complexity index is 1600. The zero-order valence-electron chi connectivity index (χ0n) is 19.0. The lowest BCUT2D eigenvalue weighted by atomic mass is 9.97. The third kappa shape index (κ3) is 5.18. The summed E-state index contributed by atoms with van der Waals surface area (Å²) in [5.41, 5.74) is 13.3. The van der Waals surface area contributed by atoms with Crippen molar-refractivity contribution < 1.29 is 16.8 Å². The van der Waals surface area contributed by atoms with Gasteiger partial charge in [-0.1, -0.05) is 24.3 Å². The van der Waals surface area contributed by atoms with Crippen molar-refractivity contribution in [3.63, 3.8) is 0 Å². The van der Waals surface area contributed by atoms with Crippen LogP contribution in [0.5, 0.6) is 0 Å². The normalized spacial score (nSPS) is 13.1. The predicted molar refractivity (Wildman–Crippen MR) is 131 cm³/mol. The molecule has 0 amide bonds. The smallest absolute Gasteiger partial charge is 0.241 e. The Morgan fingerprint density at radius 2 is 1.86 bits per heavy atom. The van der Waals surface area contributed by atoms with E-state index in [1.807, 2.05) is 6.07 Å². The molecular formula is C20H24N10O4S2. The first kappa shape index (κ1) is 25.5. The molecule has 0 radical (unpaired) electrons. The number of hydrogen-bond donors (Lipinski definition) is 6. The molecule has 0 bridgehead atoms. The maximum absolute atomic E-state index is 13.1. The number of benzene rings is 2. The van der Waals surface area contributed by atoms with E-state index in [0.717, 1.165) is 6.07 Å². The lowest BCUT2D eigenvalue weighted by molar-refractivity contribution is 0.567. The van der Waals surface area contributed by atoms with Crippen molar-refractivity contribution in [2.24, 2.45) is 16.6 Å². The fourth-order valence-corrected chi connectivity index (χ4v) is 6.31. The van der Waals surface area contributed by atoms with E-state index < -0.39 is 35.9 Å². The highest BCUT2D eigenvalue weighted by molar-refractivity contribution is 7.92. The second kappa shape index (κ2) is 9.84. The van der Waals surface area contributed by atoms with Gasteiger partial charge in [-0.3, -0.25) is 0 Å². The first-order valence-electron chi connectivity index (χ1n) is 10.6. The van der Waals surface area contributed by atoms with Crippen LogP contribution in [0.3, 0.4) is 0 Å². The molecule has 36 heavy (non-hydrogen) atoms. The van der Waals surface area contributed by atoms with Crippen LogP contribution in [-0.4, -0.2) is 60.0 Å². The van der Waals surface area contributed by atoms with Crippen LogP contribution >= 0.6 is 0 Å². The van der Waals surface area contributed by atoms with Gasteiger partial charge in [-0.15, -0.1) is 10.2 Å². The van der Waals surface area contributed by atoms with Crippen LogP contribution in [0, 0.1) is 0 Å². The van der Waals surface area contributed by atoms with Gasteiger partial charge >= 0.3 is 0 Å². The topological polar surface area (TPSA) is 242 Å². The minimum Gasteiger partial charge on any atom is -0.347 e. The first-order valence-corrected chi connectivity index (χ1v) is 13.6. The highest BCUT2D eigenvalue weighted by atomic mass is 32.2. The molecule has 2 heterocycles. The average Bonchev–Trinajstić information content (AvgIpc) is 3.54. The number of nitrogens with one attached hydrogen (secondary N) is 3. The molecule has 2 aromatic heterocycles. The average molecular weight is 533 g/mol. The second-order valence-electron chi connectivity index (χ2n) is 7.94. The number of tetrazole rings is 1. The van der Waals surface area contributed by atoms with Gasteiger partial charge in [0.1, 0.15) is 15.6 Å². The predicted octanol–water partition coefficient (Wildman–Crippen LogP) is -0.345. The summed E-state index contributed by atoms with van der Waals surface area (Å²) in [5, 5.41) is 19.1. The van der Waals surface area contributed by atoms with Crippen LogP contribution in [0.4, 0.5) is 0 Å². The summed E-state index contributed by atoms with van der Waals surface area (Å²) >= 11 is 0. The minimum absolute atomic E-state index is 0.123. The maximum atomic E-state index is 13.1. The molecule has 0 saturated heterocycles. The number of primary sulfonamides is 1. The molecule has 4 aromatic rings. The fraction of sp³-hybridized carbons (Fsp3) is 0.200. The van der Waals surface area contributed by atoms with Crippen molar-refractivity contribution in [3.8, 4) is 33.8 Å². The van der Waals surface area contributed by atoms with Crippen molar-refractivity contribution in [2.45, 2.75) is 29.3 Å². The third-order valence-electron chi connectivity index (χ3n) is 5.15. The van der Waals surface area contributed by atoms with Crippen molar-refractivity contribution >= 4 is 20.0 Å². The quantitative estimate of drug-likeness (QED) is 0.164. The molecular weight excluding hydrogens is 508 g/mol. The van der Waals surface area contributed by atoms with Gasteiger partial charge in [-0.05, 0) is 35.4 Å². The van der Waals surface area contributed by atoms with Crippen LogP contribution in [0.15, 0.2) is 52.4 Å². The van der Waals surface area contributed by atoms with Crippen LogP contribution in [0.2, 0.25) is 0 Å². The second-order valence-corrected chi connectivity index (χ2v) is 11.2. The Hall–Kier alpha value is -3.54. The van der Waals surface area contributed by atoms with Gasteiger partial charge in [0.05, 0.1) is 17.8 Å². The zero-order valence-corrected chi connectivity index (χ0v) is 20.6. The van der Waals surface area contributed by atoms with Crippen molar-refractivity contribution in [1.82, 2.24) is 35.3 Å². The molecule has 1 atom stereocenters. The number of aromatic amines is 2. The molecule has 0 aliphatic carbocycles. The SMILES string of the molecule is C[C@@H](N)CNS(=O)(=O)c1ccc(-c2cccc(-c3c[nH]c(CN)n3)c2)c(-c2nn[nH]n2)c1S(N)(=O)=O. The molecule has 0 spiro atoms. The summed E-state index contributed by atoms with van der Waals surface area (Å²) in [7, 11) is -8.94. The molecule has 190 valence electrons. The molecule has 0 unspecified atom stereocenters. The van der Waals surface area contributed by atoms with E-state index in [-0.39, 0.29) is 24.5 Å². The van der Waals surface area contributed by atoms with Gasteiger partial charge in [0.25, 0.3) is 0 Å². The van der Waals surface area contributed by atoms with Crippen LogP contribution in [-0.2, 0) is 26.6 Å². The van der Waals surface area contributed by atoms with Gasteiger partial charge in [-0.2, -0.15) is 5.21 Å². The van der Waals surface area contributed by atoms with E-state index in [2.05, 4.69) is 35.3 Å². The summed E-state index contributed by atoms with van der Waals surface area (Å²) in [6.07, 6.45) is 1.69. The van der Waals surface area contributed by atoms with Crippen molar-refractivity contribution in [1.29, 1.82) is 0 Å². The molecule has 0 aliphatic rings. The van der Waals surface area contributed by atoms with Crippen LogP contribution in [0.1, 0.15) is 12.7 Å². The van der Waals surface area contributed by atoms with E-state index in [1.165, 1.54) is 6.07 Å². The number of aromatic nitrogens is 6. The summed E-state index contributed by atoms with van der Waals surface area (Å²) < 4.78 is 54.1. The lowest BCUT2D eigenvalue weighted by Gasteiger charge is -2.17. The zero-order chi connectivity index (χ0) is 26.1. The molecule has 0 saturated carbocycles. The molecule has 9 N–H and O–H groups in total. The number of H-pyrrole nitrogens is 2. The Morgan fingerprint density at radius 1 is 1.11 bits per heavy atom. The summed E-state index contributed by atoms with van der Waals surface area (Å²) in [6.45, 7) is 1.70. The molecule has 2 aromatic carbocycles. The van der Waals surface area contributed by atoms with E-state index >= 15 is 0 Å². The van der Waals surface area contributed by atoms with E-state index in [0.29, 0.717) is 28.2 Å². The largest absolute Gasteiger partial charge is 0.347 e. The molecule has 16 heteroatoms. The number of rotatable bonds is 9. The highest BCUT2D eigenvalue weighted by Gasteiger charge is 2.32. The van der Waals surface area contributed by atoms with E-state index in [9.17, 15) is 16.8 Å². The summed E-state index contributed by atoms with van der Waals surface area (Å²) in [5.74, 6) is 0.433. The summed E-state index contributed by atoms with van der Waals surface area (Å²) in [4.78, 5) is 6.15. The Balaban J connectivity index is 1.98. The van der Waals surface area contributed by atoms with Gasteiger partial charge in [0.15, 0.2) is 0 Å². The van der Waals surface area contributed by atoms with Crippen LogP contribution < -0.4 is 21.3 Å². The van der Waals surface area contributed by atoms with Crippen LogP contribution in [0.25, 0.3) is 33.8 Å². The van der Waals surface area contributed by atoms with Crippen molar-refractivity contribution in [2.75, 3.05) is 6.54 Å². The molecule has 0 aliphatic heterocycles. The monoisotopic (exact) mass is 532 g/mol. The number of imidazole rings is 1. The van der Waals surface area contributed by atoms with Gasteiger partial charge in [0.2, 0.25) is 25.9 Å².